The number of aliphatic hydroxyl groups is 1. The first kappa shape index (κ1) is 9.66. The van der Waals surface area contributed by atoms with Crippen LogP contribution in [-0.2, 0) is 12.8 Å². The molecule has 4 heteroatoms. The zero-order chi connectivity index (χ0) is 11.1. The van der Waals surface area contributed by atoms with Gasteiger partial charge in [-0.15, -0.1) is 0 Å². The molecule has 0 radical (unpaired) electrons. The highest BCUT2D eigenvalue weighted by atomic mass is 16.3. The van der Waals surface area contributed by atoms with E-state index in [9.17, 15) is 5.11 Å². The van der Waals surface area contributed by atoms with Crippen LogP contribution < -0.4 is 11.1 Å². The van der Waals surface area contributed by atoms with Gasteiger partial charge in [0.2, 0.25) is 5.90 Å². The first-order chi connectivity index (χ1) is 7.75. The van der Waals surface area contributed by atoms with E-state index in [2.05, 4.69) is 22.4 Å². The molecule has 0 bridgehead atoms. The molecule has 0 saturated carbocycles. The molecule has 1 atom stereocenters. The van der Waals surface area contributed by atoms with Crippen LogP contribution in [0.2, 0.25) is 0 Å². The molecule has 16 heavy (non-hydrogen) atoms. The van der Waals surface area contributed by atoms with E-state index in [1.165, 1.54) is 5.56 Å². The summed E-state index contributed by atoms with van der Waals surface area (Å²) in [6.07, 6.45) is 2.90. The monoisotopic (exact) mass is 217 g/mol. The summed E-state index contributed by atoms with van der Waals surface area (Å²) in [4.78, 5) is 4.22. The van der Waals surface area contributed by atoms with Crippen molar-refractivity contribution >= 4 is 17.3 Å². The van der Waals surface area contributed by atoms with Crippen LogP contribution in [0.4, 0.5) is 11.4 Å². The fourth-order valence-corrected chi connectivity index (χ4v) is 2.39. The lowest BCUT2D eigenvalue weighted by Crippen LogP contribution is -2.34. The third-order valence-electron chi connectivity index (χ3n) is 3.27. The quantitative estimate of drug-likeness (QED) is 0.617. The smallest absolute Gasteiger partial charge is 0.203 e. The lowest BCUT2D eigenvalue weighted by Gasteiger charge is -2.25. The van der Waals surface area contributed by atoms with Gasteiger partial charge >= 0.3 is 0 Å². The minimum absolute atomic E-state index is 0.0493. The van der Waals surface area contributed by atoms with Crippen LogP contribution in [0.5, 0.6) is 0 Å². The van der Waals surface area contributed by atoms with Crippen LogP contribution in [0.25, 0.3) is 0 Å². The maximum atomic E-state index is 9.62. The summed E-state index contributed by atoms with van der Waals surface area (Å²) >= 11 is 0. The van der Waals surface area contributed by atoms with Gasteiger partial charge in [0.05, 0.1) is 17.4 Å². The number of rotatable bonds is 0. The number of nitrogens with two attached hydrogens (primary N) is 1. The molecule has 0 saturated heterocycles. The zero-order valence-electron chi connectivity index (χ0n) is 9.03. The topological polar surface area (TPSA) is 70.6 Å². The Labute approximate surface area is 94.2 Å². The lowest BCUT2D eigenvalue weighted by molar-refractivity contribution is 0.507. The van der Waals surface area contributed by atoms with Crippen molar-refractivity contribution in [2.75, 3.05) is 11.9 Å². The predicted molar refractivity (Wildman–Crippen MR) is 64.7 cm³/mol. The van der Waals surface area contributed by atoms with Crippen molar-refractivity contribution in [2.24, 2.45) is 10.7 Å². The van der Waals surface area contributed by atoms with Crippen molar-refractivity contribution in [3.63, 3.8) is 0 Å². The fourth-order valence-electron chi connectivity index (χ4n) is 2.39. The largest absolute Gasteiger partial charge is 0.495 e. The van der Waals surface area contributed by atoms with E-state index in [4.69, 9.17) is 5.73 Å². The van der Waals surface area contributed by atoms with Gasteiger partial charge < -0.3 is 16.2 Å². The van der Waals surface area contributed by atoms with Gasteiger partial charge in [0.15, 0.2) is 0 Å². The molecular weight excluding hydrogens is 202 g/mol. The molecule has 0 spiro atoms. The maximum Gasteiger partial charge on any atom is 0.203 e. The molecule has 1 unspecified atom stereocenters. The first-order valence-corrected chi connectivity index (χ1v) is 5.67. The number of fused-ring (bicyclic) bond motifs is 3. The SMILES string of the molecule is NC1Cc2ccc3c(c2N=C1O)NCCC3. The Morgan fingerprint density at radius 1 is 1.38 bits per heavy atom. The molecule has 0 aliphatic carbocycles. The van der Waals surface area contributed by atoms with E-state index in [1.54, 1.807) is 0 Å². The van der Waals surface area contributed by atoms with Gasteiger partial charge in [0, 0.05) is 6.54 Å². The van der Waals surface area contributed by atoms with E-state index < -0.39 is 0 Å². The molecular formula is C12H15N3O. The van der Waals surface area contributed by atoms with Crippen molar-refractivity contribution in [1.29, 1.82) is 0 Å². The first-order valence-electron chi connectivity index (χ1n) is 5.67. The maximum absolute atomic E-state index is 9.62. The number of aliphatic hydroxyl groups excluding tert-OH is 1. The Morgan fingerprint density at radius 2 is 2.19 bits per heavy atom. The van der Waals surface area contributed by atoms with Gasteiger partial charge in [-0.25, -0.2) is 4.99 Å². The van der Waals surface area contributed by atoms with Gasteiger partial charge in [0.1, 0.15) is 0 Å². The van der Waals surface area contributed by atoms with Crippen LogP contribution in [0.15, 0.2) is 17.1 Å². The number of hydrogen-bond acceptors (Lipinski definition) is 3. The number of nitrogens with one attached hydrogen (secondary N) is 1. The van der Waals surface area contributed by atoms with Gasteiger partial charge in [-0.3, -0.25) is 0 Å². The number of nitrogens with zero attached hydrogens (tertiary/aromatic N) is 1. The Hall–Kier alpha value is -1.55. The number of benzene rings is 1. The average Bonchev–Trinajstić information content (AvgIpc) is 2.31. The van der Waals surface area contributed by atoms with Crippen molar-refractivity contribution in [1.82, 2.24) is 0 Å². The zero-order valence-corrected chi connectivity index (χ0v) is 9.03. The van der Waals surface area contributed by atoms with Crippen LogP contribution in [0.1, 0.15) is 17.5 Å². The summed E-state index contributed by atoms with van der Waals surface area (Å²) in [5.74, 6) is 0.0493. The van der Waals surface area contributed by atoms with E-state index in [-0.39, 0.29) is 11.9 Å². The highest BCUT2D eigenvalue weighted by molar-refractivity contribution is 5.89. The molecule has 0 aromatic heterocycles. The molecule has 2 heterocycles. The molecule has 4 nitrogen and oxygen atoms in total. The summed E-state index contributed by atoms with van der Waals surface area (Å²) in [6.45, 7) is 0.978. The van der Waals surface area contributed by atoms with E-state index >= 15 is 0 Å². The Bertz CT molecular complexity index is 468. The number of aliphatic imine (C=N–C) groups is 1. The molecule has 0 fully saturated rings. The normalized spacial score (nSPS) is 22.8. The highest BCUT2D eigenvalue weighted by Gasteiger charge is 2.23. The van der Waals surface area contributed by atoms with Gasteiger partial charge in [-0.05, 0) is 30.4 Å². The van der Waals surface area contributed by atoms with Gasteiger partial charge in [-0.2, -0.15) is 0 Å². The summed E-state index contributed by atoms with van der Waals surface area (Å²) in [6, 6.07) is 3.87. The highest BCUT2D eigenvalue weighted by Crippen LogP contribution is 2.38. The minimum Gasteiger partial charge on any atom is -0.495 e. The predicted octanol–water partition coefficient (Wildman–Crippen LogP) is 1.52. The minimum atomic E-state index is -0.353. The summed E-state index contributed by atoms with van der Waals surface area (Å²) in [7, 11) is 0. The molecule has 2 aliphatic rings. The van der Waals surface area contributed by atoms with E-state index in [0.717, 1.165) is 36.3 Å². The van der Waals surface area contributed by atoms with Crippen molar-refractivity contribution in [3.05, 3.63) is 23.3 Å². The third kappa shape index (κ3) is 1.38. The second-order valence-electron chi connectivity index (χ2n) is 4.42. The summed E-state index contributed by atoms with van der Waals surface area (Å²) < 4.78 is 0. The average molecular weight is 217 g/mol. The second kappa shape index (κ2) is 3.49. The Kier molecular flexibility index (Phi) is 2.11. The van der Waals surface area contributed by atoms with E-state index in [0.29, 0.717) is 6.42 Å². The number of anilines is 1. The van der Waals surface area contributed by atoms with Gasteiger partial charge in [-0.1, -0.05) is 12.1 Å². The third-order valence-corrected chi connectivity index (χ3v) is 3.27. The fraction of sp³-hybridized carbons (Fsp3) is 0.417. The van der Waals surface area contributed by atoms with E-state index in [1.807, 2.05) is 0 Å². The Morgan fingerprint density at radius 3 is 3.06 bits per heavy atom. The van der Waals surface area contributed by atoms with Crippen molar-refractivity contribution in [3.8, 4) is 0 Å². The molecule has 2 aliphatic heterocycles. The van der Waals surface area contributed by atoms with Crippen molar-refractivity contribution in [2.45, 2.75) is 25.3 Å². The summed E-state index contributed by atoms with van der Waals surface area (Å²) in [5.41, 5.74) is 10.2. The standard InChI is InChI=1S/C12H15N3O/c13-9-6-8-4-3-7-2-1-5-14-10(7)11(8)15-12(9)16/h3-4,9,14H,1-2,5-6,13H2,(H,15,16). The van der Waals surface area contributed by atoms with Crippen LogP contribution in [-0.4, -0.2) is 23.6 Å². The van der Waals surface area contributed by atoms with Gasteiger partial charge in [0.25, 0.3) is 0 Å². The molecule has 4 N–H and O–H groups in total. The Balaban J connectivity index is 2.16. The molecule has 1 aromatic carbocycles. The van der Waals surface area contributed by atoms with Crippen LogP contribution in [0, 0.1) is 0 Å². The van der Waals surface area contributed by atoms with Crippen LogP contribution in [0.3, 0.4) is 0 Å². The summed E-state index contributed by atoms with van der Waals surface area (Å²) in [5, 5.41) is 13.0. The second-order valence-corrected chi connectivity index (χ2v) is 4.42. The molecule has 0 amide bonds. The van der Waals surface area contributed by atoms with Crippen LogP contribution >= 0.6 is 0 Å². The lowest BCUT2D eigenvalue weighted by atomic mass is 9.94. The molecule has 3 rings (SSSR count). The number of hydrogen-bond donors (Lipinski definition) is 3. The van der Waals surface area contributed by atoms with Crippen molar-refractivity contribution < 1.29 is 5.11 Å². The molecule has 1 aromatic rings. The molecule has 84 valence electrons. The number of aryl methyl sites for hydroxylation is 1.